The van der Waals surface area contributed by atoms with E-state index in [4.69, 9.17) is 0 Å². The van der Waals surface area contributed by atoms with Crippen molar-refractivity contribution < 1.29 is 4.79 Å². The van der Waals surface area contributed by atoms with Crippen LogP contribution in [0, 0.1) is 0 Å². The molecule has 82 valence electrons. The monoisotopic (exact) mass is 232 g/mol. The van der Waals surface area contributed by atoms with Crippen LogP contribution in [0.2, 0.25) is 0 Å². The fraction of sp³-hybridized carbons (Fsp3) is 0.167. The third-order valence-corrected chi connectivity index (χ3v) is 2.55. The Kier molecular flexibility index (Phi) is 3.41. The molecule has 0 aromatic heterocycles. The molecule has 0 saturated carbocycles. The Labute approximate surface area is 99.7 Å². The Morgan fingerprint density at radius 3 is 2.88 bits per heavy atom. The predicted molar refractivity (Wildman–Crippen MR) is 67.5 cm³/mol. The van der Waals surface area contributed by atoms with Crippen LogP contribution in [0.3, 0.4) is 0 Å². The molecule has 0 saturated heterocycles. The molecule has 2 rings (SSSR count). The summed E-state index contributed by atoms with van der Waals surface area (Å²) >= 11 is 4.26. The number of allylic oxidation sites excluding steroid dienone is 1. The highest BCUT2D eigenvalue weighted by atomic mass is 32.1. The SMILES string of the molecule is O=C1CCC(C=Cc2cccc(S)c2)=NN1. The van der Waals surface area contributed by atoms with Gasteiger partial charge < -0.3 is 0 Å². The summed E-state index contributed by atoms with van der Waals surface area (Å²) in [6, 6.07) is 7.85. The van der Waals surface area contributed by atoms with Gasteiger partial charge in [-0.1, -0.05) is 18.2 Å². The van der Waals surface area contributed by atoms with Crippen molar-refractivity contribution in [1.29, 1.82) is 0 Å². The molecular weight excluding hydrogens is 220 g/mol. The molecule has 1 N–H and O–H groups in total. The minimum atomic E-state index is -0.0190. The molecule has 0 radical (unpaired) electrons. The van der Waals surface area contributed by atoms with Gasteiger partial charge in [-0.15, -0.1) is 12.6 Å². The van der Waals surface area contributed by atoms with Gasteiger partial charge in [0, 0.05) is 17.7 Å². The first-order chi connectivity index (χ1) is 7.74. The number of carbonyl (C=O) groups is 1. The zero-order valence-corrected chi connectivity index (χ0v) is 9.58. The van der Waals surface area contributed by atoms with E-state index in [9.17, 15) is 4.79 Å². The summed E-state index contributed by atoms with van der Waals surface area (Å²) in [6.45, 7) is 0. The van der Waals surface area contributed by atoms with E-state index in [1.165, 1.54) is 0 Å². The van der Waals surface area contributed by atoms with Gasteiger partial charge >= 0.3 is 0 Å². The summed E-state index contributed by atoms with van der Waals surface area (Å²) in [4.78, 5) is 11.8. The molecule has 3 nitrogen and oxygen atoms in total. The van der Waals surface area contributed by atoms with Crippen LogP contribution in [-0.2, 0) is 4.79 Å². The number of carbonyl (C=O) groups excluding carboxylic acids is 1. The van der Waals surface area contributed by atoms with Gasteiger partial charge in [0.15, 0.2) is 0 Å². The van der Waals surface area contributed by atoms with Gasteiger partial charge in [0.25, 0.3) is 0 Å². The number of hydrogen-bond acceptors (Lipinski definition) is 3. The van der Waals surface area contributed by atoms with E-state index in [0.29, 0.717) is 12.8 Å². The Morgan fingerprint density at radius 2 is 2.19 bits per heavy atom. The number of rotatable bonds is 2. The van der Waals surface area contributed by atoms with Crippen LogP contribution in [0.5, 0.6) is 0 Å². The molecule has 0 unspecified atom stereocenters. The number of benzene rings is 1. The summed E-state index contributed by atoms with van der Waals surface area (Å²) in [5, 5.41) is 3.96. The number of nitrogens with one attached hydrogen (secondary N) is 1. The zero-order valence-electron chi connectivity index (χ0n) is 8.68. The largest absolute Gasteiger partial charge is 0.273 e. The lowest BCUT2D eigenvalue weighted by atomic mass is 10.1. The second kappa shape index (κ2) is 4.99. The highest BCUT2D eigenvalue weighted by Gasteiger charge is 2.08. The number of hydrazone groups is 1. The minimum absolute atomic E-state index is 0.0190. The Morgan fingerprint density at radius 1 is 1.31 bits per heavy atom. The lowest BCUT2D eigenvalue weighted by Gasteiger charge is -2.07. The first kappa shape index (κ1) is 11.0. The fourth-order valence-corrected chi connectivity index (χ4v) is 1.66. The molecule has 1 amide bonds. The van der Waals surface area contributed by atoms with Crippen molar-refractivity contribution in [3.63, 3.8) is 0 Å². The number of nitrogens with zero attached hydrogens (tertiary/aromatic N) is 1. The second-order valence-electron chi connectivity index (χ2n) is 3.57. The number of thiol groups is 1. The van der Waals surface area contributed by atoms with E-state index in [1.807, 2.05) is 36.4 Å². The minimum Gasteiger partial charge on any atom is -0.273 e. The highest BCUT2D eigenvalue weighted by molar-refractivity contribution is 7.80. The van der Waals surface area contributed by atoms with Crippen LogP contribution in [0.1, 0.15) is 18.4 Å². The zero-order chi connectivity index (χ0) is 11.4. The van der Waals surface area contributed by atoms with Gasteiger partial charge in [0.05, 0.1) is 5.71 Å². The maximum Gasteiger partial charge on any atom is 0.240 e. The number of amides is 1. The normalized spacial score (nSPS) is 16.1. The second-order valence-corrected chi connectivity index (χ2v) is 4.08. The average molecular weight is 232 g/mol. The summed E-state index contributed by atoms with van der Waals surface area (Å²) in [5.74, 6) is -0.0190. The third-order valence-electron chi connectivity index (χ3n) is 2.27. The van der Waals surface area contributed by atoms with Gasteiger partial charge in [-0.2, -0.15) is 5.10 Å². The number of hydrogen-bond donors (Lipinski definition) is 2. The van der Waals surface area contributed by atoms with E-state index < -0.39 is 0 Å². The Balaban J connectivity index is 2.07. The highest BCUT2D eigenvalue weighted by Crippen LogP contribution is 2.11. The van der Waals surface area contributed by atoms with Gasteiger partial charge in [0.2, 0.25) is 5.91 Å². The van der Waals surface area contributed by atoms with Crippen molar-refractivity contribution >= 4 is 30.3 Å². The first-order valence-electron chi connectivity index (χ1n) is 5.06. The van der Waals surface area contributed by atoms with Crippen LogP contribution in [0.25, 0.3) is 6.08 Å². The maximum atomic E-state index is 10.9. The molecule has 0 bridgehead atoms. The van der Waals surface area contributed by atoms with Crippen LogP contribution in [0.15, 0.2) is 40.3 Å². The van der Waals surface area contributed by atoms with Gasteiger partial charge in [-0.25, -0.2) is 5.43 Å². The molecule has 16 heavy (non-hydrogen) atoms. The molecule has 1 aliphatic rings. The van der Waals surface area contributed by atoms with Gasteiger partial charge in [0.1, 0.15) is 0 Å². The van der Waals surface area contributed by atoms with Crippen molar-refractivity contribution in [3.05, 3.63) is 35.9 Å². The van der Waals surface area contributed by atoms with E-state index in [2.05, 4.69) is 23.2 Å². The molecule has 0 aliphatic carbocycles. The summed E-state index contributed by atoms with van der Waals surface area (Å²) < 4.78 is 0. The summed E-state index contributed by atoms with van der Waals surface area (Å²) in [6.07, 6.45) is 5.09. The van der Waals surface area contributed by atoms with Gasteiger partial charge in [-0.3, -0.25) is 4.79 Å². The topological polar surface area (TPSA) is 41.5 Å². The Bertz CT molecular complexity index is 466. The van der Waals surface area contributed by atoms with Crippen LogP contribution >= 0.6 is 12.6 Å². The van der Waals surface area contributed by atoms with E-state index in [1.54, 1.807) is 0 Å². The van der Waals surface area contributed by atoms with Crippen LogP contribution < -0.4 is 5.43 Å². The van der Waals surface area contributed by atoms with Crippen LogP contribution in [0.4, 0.5) is 0 Å². The fourth-order valence-electron chi connectivity index (χ4n) is 1.43. The molecule has 0 atom stereocenters. The quantitative estimate of drug-likeness (QED) is 0.754. The molecule has 4 heteroatoms. The van der Waals surface area contributed by atoms with Crippen molar-refractivity contribution in [3.8, 4) is 0 Å². The van der Waals surface area contributed by atoms with Crippen molar-refractivity contribution in [2.75, 3.05) is 0 Å². The maximum absolute atomic E-state index is 10.9. The van der Waals surface area contributed by atoms with Crippen molar-refractivity contribution in [2.24, 2.45) is 5.10 Å². The van der Waals surface area contributed by atoms with E-state index in [0.717, 1.165) is 16.2 Å². The molecular formula is C12H12N2OS. The molecule has 1 heterocycles. The van der Waals surface area contributed by atoms with E-state index in [-0.39, 0.29) is 5.91 Å². The first-order valence-corrected chi connectivity index (χ1v) is 5.51. The molecule has 1 aromatic rings. The molecule has 0 spiro atoms. The smallest absolute Gasteiger partial charge is 0.240 e. The van der Waals surface area contributed by atoms with Crippen molar-refractivity contribution in [1.82, 2.24) is 5.43 Å². The molecule has 1 aliphatic heterocycles. The average Bonchev–Trinajstić information content (AvgIpc) is 2.28. The van der Waals surface area contributed by atoms with Crippen LogP contribution in [-0.4, -0.2) is 11.6 Å². The predicted octanol–water partition coefficient (Wildman–Crippen LogP) is 2.25. The van der Waals surface area contributed by atoms with Gasteiger partial charge in [-0.05, 0) is 23.8 Å². The summed E-state index contributed by atoms with van der Waals surface area (Å²) in [7, 11) is 0. The molecule has 1 aromatic carbocycles. The molecule has 0 fully saturated rings. The lowest BCUT2D eigenvalue weighted by molar-refractivity contribution is -0.121. The van der Waals surface area contributed by atoms with Crippen molar-refractivity contribution in [2.45, 2.75) is 17.7 Å². The Hall–Kier alpha value is -1.55. The lowest BCUT2D eigenvalue weighted by Crippen LogP contribution is -2.24. The third kappa shape index (κ3) is 2.97. The summed E-state index contributed by atoms with van der Waals surface area (Å²) in [5.41, 5.74) is 4.43. The standard InChI is InChI=1S/C12H12N2OS/c15-12-7-6-10(13-14-12)5-4-9-2-1-3-11(16)8-9/h1-5,8,16H,6-7H2,(H,14,15). The van der Waals surface area contributed by atoms with E-state index >= 15 is 0 Å².